The number of methoxy groups -OCH3 is 1. The topological polar surface area (TPSA) is 101 Å². The fourth-order valence-corrected chi connectivity index (χ4v) is 1.95. The number of benzene rings is 1. The van der Waals surface area contributed by atoms with E-state index in [1.165, 1.54) is 31.2 Å². The molecule has 0 N–H and O–H groups in total. The lowest BCUT2D eigenvalue weighted by molar-refractivity contribution is -0.274. The number of hydrogen-bond acceptors (Lipinski definition) is 7. The first-order valence-electron chi connectivity index (χ1n) is 7.55. The minimum atomic E-state index is -4.88. The Balaban J connectivity index is 2.12. The quantitative estimate of drug-likeness (QED) is 0.509. The Bertz CT molecular complexity index is 835. The van der Waals surface area contributed by atoms with Crippen LogP contribution in [0.2, 0.25) is 0 Å². The summed E-state index contributed by atoms with van der Waals surface area (Å²) in [6.07, 6.45) is -5.20. The summed E-state index contributed by atoms with van der Waals surface area (Å²) in [4.78, 5) is 30.4. The van der Waals surface area contributed by atoms with Crippen molar-refractivity contribution in [3.05, 3.63) is 34.7 Å². The number of carbonyl (C=O) groups excluding carboxylic acids is 1. The third-order valence-electron chi connectivity index (χ3n) is 3.17. The molecular weight excluding hydrogens is 375 g/mol. The van der Waals surface area contributed by atoms with Gasteiger partial charge >= 0.3 is 18.1 Å². The summed E-state index contributed by atoms with van der Waals surface area (Å²) in [7, 11) is 2.97. The average molecular weight is 391 g/mol. The second-order valence-electron chi connectivity index (χ2n) is 5.22. The fraction of sp³-hybridized carbons (Fsp3) is 0.429. The zero-order chi connectivity index (χ0) is 20.0. The molecule has 0 saturated heterocycles. The molecule has 1 heterocycles. The van der Waals surface area contributed by atoms with Gasteiger partial charge in [-0.1, -0.05) is 6.07 Å². The van der Waals surface area contributed by atoms with Crippen LogP contribution in [-0.2, 0) is 4.74 Å². The number of carbonyl (C=O) groups is 1. The number of amides is 1. The zero-order valence-corrected chi connectivity index (χ0v) is 14.3. The van der Waals surface area contributed by atoms with Gasteiger partial charge in [0.1, 0.15) is 5.75 Å². The van der Waals surface area contributed by atoms with Crippen LogP contribution in [0.5, 0.6) is 5.75 Å². The Morgan fingerprint density at radius 1 is 1.30 bits per heavy atom. The molecule has 0 fully saturated rings. The molecule has 0 aliphatic rings. The number of aromatic nitrogens is 4. The van der Waals surface area contributed by atoms with Crippen LogP contribution in [0.4, 0.5) is 18.0 Å². The van der Waals surface area contributed by atoms with Crippen molar-refractivity contribution in [2.24, 2.45) is 0 Å². The maximum atomic E-state index is 12.3. The van der Waals surface area contributed by atoms with Crippen molar-refractivity contribution in [3.63, 3.8) is 0 Å². The lowest BCUT2D eigenvalue weighted by Crippen LogP contribution is -2.40. The second-order valence-corrected chi connectivity index (χ2v) is 5.22. The molecule has 1 amide bonds. The van der Waals surface area contributed by atoms with Crippen molar-refractivity contribution in [2.75, 3.05) is 27.3 Å². The Labute approximate surface area is 150 Å². The van der Waals surface area contributed by atoms with Gasteiger partial charge in [-0.05, 0) is 33.8 Å². The first kappa shape index (κ1) is 20.2. The highest BCUT2D eigenvalue weighted by Gasteiger charge is 2.31. The molecule has 2 rings (SSSR count). The maximum absolute atomic E-state index is 12.3. The molecule has 27 heavy (non-hydrogen) atoms. The van der Waals surface area contributed by atoms with Gasteiger partial charge in [0.15, 0.2) is 0 Å². The van der Waals surface area contributed by atoms with Crippen LogP contribution in [0.3, 0.4) is 0 Å². The minimum Gasteiger partial charge on any atom is -0.406 e. The van der Waals surface area contributed by atoms with Crippen molar-refractivity contribution >= 4 is 6.09 Å². The molecule has 1 aromatic carbocycles. The second kappa shape index (κ2) is 8.53. The summed E-state index contributed by atoms with van der Waals surface area (Å²) < 4.78 is 46.2. The van der Waals surface area contributed by atoms with Crippen molar-refractivity contribution in [1.29, 1.82) is 0 Å². The van der Waals surface area contributed by atoms with Gasteiger partial charge < -0.3 is 14.4 Å². The molecule has 0 atom stereocenters. The molecule has 2 aromatic rings. The summed E-state index contributed by atoms with van der Waals surface area (Å²) in [5, 5.41) is 6.85. The number of halogens is 3. The van der Waals surface area contributed by atoms with Gasteiger partial charge in [0.2, 0.25) is 0 Å². The summed E-state index contributed by atoms with van der Waals surface area (Å²) in [6.45, 7) is 0.747. The molecule has 148 valence electrons. The predicted molar refractivity (Wildman–Crippen MR) is 83.4 cm³/mol. The summed E-state index contributed by atoms with van der Waals surface area (Å²) in [5.74, 6) is -0.545. The van der Waals surface area contributed by atoms with Gasteiger partial charge in [0, 0.05) is 33.4 Å². The van der Waals surface area contributed by atoms with Crippen LogP contribution in [0.25, 0.3) is 5.69 Å². The molecule has 0 spiro atoms. The average Bonchev–Trinajstić information content (AvgIpc) is 2.94. The summed E-state index contributed by atoms with van der Waals surface area (Å²) >= 11 is 0. The lowest BCUT2D eigenvalue weighted by atomic mass is 10.3. The van der Waals surface area contributed by atoms with Crippen molar-refractivity contribution in [2.45, 2.75) is 12.8 Å². The van der Waals surface area contributed by atoms with Gasteiger partial charge in [0.05, 0.1) is 5.69 Å². The molecule has 10 nitrogen and oxygen atoms in total. The number of alkyl halides is 3. The Morgan fingerprint density at radius 2 is 2.04 bits per heavy atom. The van der Waals surface area contributed by atoms with Crippen LogP contribution < -0.4 is 15.3 Å². The number of hydrogen-bond donors (Lipinski definition) is 0. The van der Waals surface area contributed by atoms with Gasteiger partial charge in [-0.2, -0.15) is 4.68 Å². The third kappa shape index (κ3) is 5.70. The highest BCUT2D eigenvalue weighted by Crippen LogP contribution is 2.23. The third-order valence-corrected chi connectivity index (χ3v) is 3.17. The first-order chi connectivity index (χ1) is 12.7. The summed E-state index contributed by atoms with van der Waals surface area (Å²) in [5.41, 5.74) is -1.05. The van der Waals surface area contributed by atoms with Crippen molar-refractivity contribution in [1.82, 2.24) is 24.9 Å². The highest BCUT2D eigenvalue weighted by atomic mass is 19.4. The van der Waals surface area contributed by atoms with E-state index in [9.17, 15) is 22.8 Å². The van der Waals surface area contributed by atoms with E-state index in [2.05, 4.69) is 15.2 Å². The van der Waals surface area contributed by atoms with Crippen LogP contribution in [0.1, 0.15) is 6.42 Å². The molecule has 13 heteroatoms. The summed E-state index contributed by atoms with van der Waals surface area (Å²) in [6, 6.07) is 4.54. The molecule has 0 aliphatic carbocycles. The molecule has 0 unspecified atom stereocenters. The largest absolute Gasteiger partial charge is 0.573 e. The number of rotatable bonds is 7. The first-order valence-corrected chi connectivity index (χ1v) is 7.55. The van der Waals surface area contributed by atoms with Crippen molar-refractivity contribution < 1.29 is 32.3 Å². The van der Waals surface area contributed by atoms with E-state index in [0.717, 1.165) is 12.1 Å². The van der Waals surface area contributed by atoms with E-state index < -0.39 is 23.9 Å². The smallest absolute Gasteiger partial charge is 0.406 e. The van der Waals surface area contributed by atoms with Gasteiger partial charge in [-0.25, -0.2) is 9.59 Å². The maximum Gasteiger partial charge on any atom is 0.573 e. The Morgan fingerprint density at radius 3 is 2.70 bits per heavy atom. The molecule has 0 aliphatic heterocycles. The van der Waals surface area contributed by atoms with E-state index in [4.69, 9.17) is 9.57 Å². The van der Waals surface area contributed by atoms with Gasteiger partial charge in [-0.3, -0.25) is 4.84 Å². The van der Waals surface area contributed by atoms with Crippen LogP contribution in [0.15, 0.2) is 29.1 Å². The highest BCUT2D eigenvalue weighted by molar-refractivity contribution is 5.67. The Hall–Kier alpha value is -3.09. The van der Waals surface area contributed by atoms with Crippen LogP contribution in [-0.4, -0.2) is 64.6 Å². The minimum absolute atomic E-state index is 0.0579. The van der Waals surface area contributed by atoms with Gasteiger partial charge in [0.25, 0.3) is 0 Å². The SMILES string of the molecule is COCCCN(C)C(=O)On1nnn(-c2cccc(OC(F)(F)F)c2)c1=O. The van der Waals surface area contributed by atoms with E-state index >= 15 is 0 Å². The van der Waals surface area contributed by atoms with Crippen molar-refractivity contribution in [3.8, 4) is 11.4 Å². The molecule has 1 aromatic heterocycles. The predicted octanol–water partition coefficient (Wildman–Crippen LogP) is 0.844. The number of ether oxygens (including phenoxy) is 2. The van der Waals surface area contributed by atoms with Crippen LogP contribution in [0, 0.1) is 0 Å². The lowest BCUT2D eigenvalue weighted by Gasteiger charge is -2.14. The Kier molecular flexibility index (Phi) is 6.39. The molecule has 0 saturated carbocycles. The monoisotopic (exact) mass is 391 g/mol. The fourth-order valence-electron chi connectivity index (χ4n) is 1.95. The molecule has 0 bridgehead atoms. The van der Waals surface area contributed by atoms with E-state index in [-0.39, 0.29) is 5.69 Å². The van der Waals surface area contributed by atoms with E-state index in [0.29, 0.717) is 29.1 Å². The molecular formula is C14H16F3N5O5. The standard InChI is InChI=1S/C14H16F3N5O5/c1-20(7-4-8-25-2)13(24)27-22-12(23)21(18-19-22)10-5-3-6-11(9-10)26-14(15,16)17/h3,5-6,9H,4,7-8H2,1-2H3. The number of tetrazole rings is 1. The van der Waals surface area contributed by atoms with E-state index in [1.54, 1.807) is 0 Å². The number of nitrogens with zero attached hydrogens (tertiary/aromatic N) is 5. The van der Waals surface area contributed by atoms with E-state index in [1.807, 2.05) is 0 Å². The molecule has 0 radical (unpaired) electrons. The van der Waals surface area contributed by atoms with Crippen LogP contribution >= 0.6 is 0 Å². The normalized spacial score (nSPS) is 11.3. The zero-order valence-electron chi connectivity index (χ0n) is 14.3. The van der Waals surface area contributed by atoms with Gasteiger partial charge in [-0.15, -0.1) is 13.2 Å².